The summed E-state index contributed by atoms with van der Waals surface area (Å²) >= 11 is 0. The van der Waals surface area contributed by atoms with Crippen molar-refractivity contribution in [3.8, 4) is 0 Å². The summed E-state index contributed by atoms with van der Waals surface area (Å²) in [5.74, 6) is -1.08. The van der Waals surface area contributed by atoms with Gasteiger partial charge in [0, 0.05) is 5.69 Å². The van der Waals surface area contributed by atoms with E-state index in [1.54, 1.807) is 19.1 Å². The summed E-state index contributed by atoms with van der Waals surface area (Å²) in [5, 5.41) is 15.0. The monoisotopic (exact) mass is 262 g/mol. The second-order valence-corrected chi connectivity index (χ2v) is 4.83. The number of benzene rings is 1. The summed E-state index contributed by atoms with van der Waals surface area (Å²) in [4.78, 5) is 23.0. The summed E-state index contributed by atoms with van der Waals surface area (Å²) < 4.78 is 0. The SMILES string of the molecule is Cc1ccc(NC(=O)[C@H]2CCCCN2)cc1C(=O)O. The molecule has 1 amide bonds. The molecular weight excluding hydrogens is 244 g/mol. The predicted molar refractivity (Wildman–Crippen MR) is 72.4 cm³/mol. The van der Waals surface area contributed by atoms with Crippen LogP contribution in [0.25, 0.3) is 0 Å². The number of aryl methyl sites for hydroxylation is 1. The van der Waals surface area contributed by atoms with E-state index in [0.29, 0.717) is 11.3 Å². The lowest BCUT2D eigenvalue weighted by Crippen LogP contribution is -2.43. The lowest BCUT2D eigenvalue weighted by atomic mass is 10.0. The average molecular weight is 262 g/mol. The Labute approximate surface area is 112 Å². The molecule has 102 valence electrons. The molecule has 1 heterocycles. The number of aromatic carboxylic acids is 1. The average Bonchev–Trinajstić information content (AvgIpc) is 2.41. The molecule has 5 heteroatoms. The number of carbonyl (C=O) groups is 2. The van der Waals surface area contributed by atoms with Crippen molar-refractivity contribution in [3.63, 3.8) is 0 Å². The molecule has 0 bridgehead atoms. The van der Waals surface area contributed by atoms with E-state index in [2.05, 4.69) is 10.6 Å². The van der Waals surface area contributed by atoms with Crippen LogP contribution in [0.15, 0.2) is 18.2 Å². The largest absolute Gasteiger partial charge is 0.478 e. The Hall–Kier alpha value is -1.88. The molecule has 0 unspecified atom stereocenters. The van der Waals surface area contributed by atoms with E-state index in [-0.39, 0.29) is 17.5 Å². The molecule has 0 aromatic heterocycles. The molecule has 0 aliphatic carbocycles. The van der Waals surface area contributed by atoms with Gasteiger partial charge in [0.05, 0.1) is 11.6 Å². The van der Waals surface area contributed by atoms with Gasteiger partial charge >= 0.3 is 5.97 Å². The number of amides is 1. The van der Waals surface area contributed by atoms with Gasteiger partial charge in [-0.25, -0.2) is 4.79 Å². The Morgan fingerprint density at radius 2 is 2.16 bits per heavy atom. The quantitative estimate of drug-likeness (QED) is 0.775. The van der Waals surface area contributed by atoms with Crippen molar-refractivity contribution >= 4 is 17.6 Å². The number of carbonyl (C=O) groups excluding carboxylic acids is 1. The molecule has 2 rings (SSSR count). The molecule has 0 spiro atoms. The van der Waals surface area contributed by atoms with Gasteiger partial charge in [-0.15, -0.1) is 0 Å². The van der Waals surface area contributed by atoms with Gasteiger partial charge in [0.15, 0.2) is 0 Å². The van der Waals surface area contributed by atoms with Gasteiger partial charge < -0.3 is 15.7 Å². The highest BCUT2D eigenvalue weighted by Gasteiger charge is 2.20. The van der Waals surface area contributed by atoms with Gasteiger partial charge in [0.1, 0.15) is 0 Å². The Morgan fingerprint density at radius 1 is 1.37 bits per heavy atom. The molecule has 1 aromatic rings. The van der Waals surface area contributed by atoms with Crippen molar-refractivity contribution in [2.45, 2.75) is 32.2 Å². The molecular formula is C14H18N2O3. The zero-order valence-corrected chi connectivity index (χ0v) is 10.9. The van der Waals surface area contributed by atoms with Crippen LogP contribution < -0.4 is 10.6 Å². The summed E-state index contributed by atoms with van der Waals surface area (Å²) in [5.41, 5.74) is 1.43. The van der Waals surface area contributed by atoms with Gasteiger partial charge in [-0.2, -0.15) is 0 Å². The van der Waals surface area contributed by atoms with E-state index >= 15 is 0 Å². The Bertz CT molecular complexity index is 493. The minimum absolute atomic E-state index is 0.0973. The normalized spacial score (nSPS) is 18.9. The van der Waals surface area contributed by atoms with Crippen LogP contribution in [-0.4, -0.2) is 29.6 Å². The van der Waals surface area contributed by atoms with Crippen LogP contribution in [0, 0.1) is 6.92 Å². The molecule has 1 fully saturated rings. The zero-order chi connectivity index (χ0) is 13.8. The third kappa shape index (κ3) is 3.32. The van der Waals surface area contributed by atoms with Crippen molar-refractivity contribution in [3.05, 3.63) is 29.3 Å². The molecule has 19 heavy (non-hydrogen) atoms. The molecule has 1 atom stereocenters. The highest BCUT2D eigenvalue weighted by molar-refractivity contribution is 5.97. The summed E-state index contributed by atoms with van der Waals surface area (Å²) in [6, 6.07) is 4.75. The number of hydrogen-bond acceptors (Lipinski definition) is 3. The van der Waals surface area contributed by atoms with Gasteiger partial charge in [-0.05, 0) is 44.0 Å². The summed E-state index contributed by atoms with van der Waals surface area (Å²) in [7, 11) is 0. The fraction of sp³-hybridized carbons (Fsp3) is 0.429. The maximum Gasteiger partial charge on any atom is 0.336 e. The minimum atomic E-state index is -0.982. The lowest BCUT2D eigenvalue weighted by Gasteiger charge is -2.22. The van der Waals surface area contributed by atoms with Crippen molar-refractivity contribution in [2.24, 2.45) is 0 Å². The second-order valence-electron chi connectivity index (χ2n) is 4.83. The molecule has 3 N–H and O–H groups in total. The maximum atomic E-state index is 12.0. The first-order valence-corrected chi connectivity index (χ1v) is 6.46. The number of piperidine rings is 1. The first-order chi connectivity index (χ1) is 9.08. The van der Waals surface area contributed by atoms with Crippen molar-refractivity contribution in [2.75, 3.05) is 11.9 Å². The van der Waals surface area contributed by atoms with Crippen LogP contribution in [0.1, 0.15) is 35.2 Å². The van der Waals surface area contributed by atoms with Crippen LogP contribution in [0.4, 0.5) is 5.69 Å². The molecule has 0 saturated carbocycles. The van der Waals surface area contributed by atoms with Crippen LogP contribution in [-0.2, 0) is 4.79 Å². The third-order valence-electron chi connectivity index (χ3n) is 3.36. The topological polar surface area (TPSA) is 78.4 Å². The van der Waals surface area contributed by atoms with Gasteiger partial charge in [0.25, 0.3) is 0 Å². The first kappa shape index (κ1) is 13.5. The van der Waals surface area contributed by atoms with E-state index < -0.39 is 5.97 Å². The Morgan fingerprint density at radius 3 is 2.79 bits per heavy atom. The van der Waals surface area contributed by atoms with Crippen molar-refractivity contribution in [1.29, 1.82) is 0 Å². The molecule has 5 nitrogen and oxygen atoms in total. The maximum absolute atomic E-state index is 12.0. The Kier molecular flexibility index (Phi) is 4.16. The first-order valence-electron chi connectivity index (χ1n) is 6.46. The minimum Gasteiger partial charge on any atom is -0.478 e. The van der Waals surface area contributed by atoms with Gasteiger partial charge in [-0.1, -0.05) is 12.5 Å². The van der Waals surface area contributed by atoms with Crippen molar-refractivity contribution < 1.29 is 14.7 Å². The predicted octanol–water partition coefficient (Wildman–Crippen LogP) is 1.77. The smallest absolute Gasteiger partial charge is 0.336 e. The highest BCUT2D eigenvalue weighted by atomic mass is 16.4. The Balaban J connectivity index is 2.08. The van der Waals surface area contributed by atoms with E-state index in [1.807, 2.05) is 0 Å². The highest BCUT2D eigenvalue weighted by Crippen LogP contribution is 2.16. The molecule has 0 radical (unpaired) electrons. The van der Waals surface area contributed by atoms with E-state index in [9.17, 15) is 9.59 Å². The standard InChI is InChI=1S/C14H18N2O3/c1-9-5-6-10(8-11(9)14(18)19)16-13(17)12-4-2-3-7-15-12/h5-6,8,12,15H,2-4,7H2,1H3,(H,16,17)(H,18,19)/t12-/m1/s1. The third-order valence-corrected chi connectivity index (χ3v) is 3.36. The van der Waals surface area contributed by atoms with Crippen LogP contribution >= 0.6 is 0 Å². The number of carboxylic acid groups (broad SMARTS) is 1. The number of carboxylic acids is 1. The van der Waals surface area contributed by atoms with Gasteiger partial charge in [-0.3, -0.25) is 4.79 Å². The van der Waals surface area contributed by atoms with E-state index in [0.717, 1.165) is 25.8 Å². The fourth-order valence-corrected chi connectivity index (χ4v) is 2.24. The summed E-state index contributed by atoms with van der Waals surface area (Å²) in [6.07, 6.45) is 2.96. The lowest BCUT2D eigenvalue weighted by molar-refractivity contribution is -0.118. The van der Waals surface area contributed by atoms with Gasteiger partial charge in [0.2, 0.25) is 5.91 Å². The number of nitrogens with one attached hydrogen (secondary N) is 2. The number of rotatable bonds is 3. The number of anilines is 1. The van der Waals surface area contributed by atoms with Crippen LogP contribution in [0.2, 0.25) is 0 Å². The second kappa shape index (κ2) is 5.84. The molecule has 1 saturated heterocycles. The molecule has 1 aliphatic rings. The zero-order valence-electron chi connectivity index (χ0n) is 10.9. The number of hydrogen-bond donors (Lipinski definition) is 3. The van der Waals surface area contributed by atoms with Crippen LogP contribution in [0.5, 0.6) is 0 Å². The van der Waals surface area contributed by atoms with Crippen molar-refractivity contribution in [1.82, 2.24) is 5.32 Å². The van der Waals surface area contributed by atoms with Crippen LogP contribution in [0.3, 0.4) is 0 Å². The van der Waals surface area contributed by atoms with E-state index in [4.69, 9.17) is 5.11 Å². The van der Waals surface area contributed by atoms with E-state index in [1.165, 1.54) is 6.07 Å². The molecule has 1 aromatic carbocycles. The molecule has 1 aliphatic heterocycles. The fourth-order valence-electron chi connectivity index (χ4n) is 2.24. The summed E-state index contributed by atoms with van der Waals surface area (Å²) in [6.45, 7) is 2.59.